The van der Waals surface area contributed by atoms with E-state index in [1.807, 2.05) is 0 Å². The van der Waals surface area contributed by atoms with E-state index in [0.717, 1.165) is 0 Å². The van der Waals surface area contributed by atoms with Gasteiger partial charge in [-0.1, -0.05) is 17.7 Å². The number of rotatable bonds is 4. The first-order valence-electron chi connectivity index (χ1n) is 5.17. The van der Waals surface area contributed by atoms with Gasteiger partial charge in [-0.05, 0) is 18.2 Å². The van der Waals surface area contributed by atoms with Crippen LogP contribution in [0.2, 0.25) is 5.02 Å². The SMILES string of the molecule is Cn1c(COc2cccc(Cl)c2)nnc1S(N)(=O)=O. The van der Waals surface area contributed by atoms with E-state index in [4.69, 9.17) is 21.5 Å². The van der Waals surface area contributed by atoms with Crippen LogP contribution in [0.5, 0.6) is 5.75 Å². The molecule has 0 fully saturated rings. The van der Waals surface area contributed by atoms with Crippen LogP contribution in [0.4, 0.5) is 0 Å². The number of ether oxygens (including phenoxy) is 1. The molecule has 0 saturated heterocycles. The Kier molecular flexibility index (Phi) is 3.74. The van der Waals surface area contributed by atoms with Gasteiger partial charge in [-0.25, -0.2) is 13.6 Å². The highest BCUT2D eigenvalue weighted by atomic mass is 35.5. The van der Waals surface area contributed by atoms with E-state index in [2.05, 4.69) is 10.2 Å². The molecule has 1 aromatic carbocycles. The summed E-state index contributed by atoms with van der Waals surface area (Å²) in [5.41, 5.74) is 0. The van der Waals surface area contributed by atoms with Gasteiger partial charge in [0.2, 0.25) is 0 Å². The monoisotopic (exact) mass is 302 g/mol. The lowest BCUT2D eigenvalue weighted by Gasteiger charge is -2.06. The minimum Gasteiger partial charge on any atom is -0.486 e. The molecule has 2 N–H and O–H groups in total. The smallest absolute Gasteiger partial charge is 0.273 e. The van der Waals surface area contributed by atoms with Crippen molar-refractivity contribution in [2.75, 3.05) is 0 Å². The molecular weight excluding hydrogens is 292 g/mol. The van der Waals surface area contributed by atoms with Gasteiger partial charge in [0.15, 0.2) is 5.82 Å². The van der Waals surface area contributed by atoms with E-state index >= 15 is 0 Å². The topological polar surface area (TPSA) is 100 Å². The fourth-order valence-corrected chi connectivity index (χ4v) is 2.25. The van der Waals surface area contributed by atoms with Gasteiger partial charge in [-0.3, -0.25) is 0 Å². The lowest BCUT2D eigenvalue weighted by atomic mass is 10.3. The van der Waals surface area contributed by atoms with E-state index in [1.165, 1.54) is 11.6 Å². The maximum Gasteiger partial charge on any atom is 0.273 e. The zero-order chi connectivity index (χ0) is 14.0. The maximum absolute atomic E-state index is 11.2. The molecule has 0 spiro atoms. The van der Waals surface area contributed by atoms with Crippen LogP contribution in [0.15, 0.2) is 29.4 Å². The molecule has 0 bridgehead atoms. The molecule has 2 aromatic rings. The van der Waals surface area contributed by atoms with E-state index in [9.17, 15) is 8.42 Å². The molecule has 0 radical (unpaired) electrons. The molecular formula is C10H11ClN4O3S. The van der Waals surface area contributed by atoms with Crippen LogP contribution in [-0.2, 0) is 23.7 Å². The molecule has 19 heavy (non-hydrogen) atoms. The van der Waals surface area contributed by atoms with Crippen LogP contribution in [0.25, 0.3) is 0 Å². The largest absolute Gasteiger partial charge is 0.486 e. The molecule has 0 aliphatic carbocycles. The van der Waals surface area contributed by atoms with Gasteiger partial charge in [-0.2, -0.15) is 0 Å². The Morgan fingerprint density at radius 3 is 2.74 bits per heavy atom. The van der Waals surface area contributed by atoms with Gasteiger partial charge in [0.25, 0.3) is 15.2 Å². The van der Waals surface area contributed by atoms with Crippen LogP contribution in [0, 0.1) is 0 Å². The van der Waals surface area contributed by atoms with Crippen molar-refractivity contribution in [1.82, 2.24) is 14.8 Å². The third-order valence-corrected chi connectivity index (χ3v) is 3.44. The second-order valence-corrected chi connectivity index (χ2v) is 5.64. The van der Waals surface area contributed by atoms with E-state index in [0.29, 0.717) is 16.6 Å². The third-order valence-electron chi connectivity index (χ3n) is 2.34. The first-order valence-corrected chi connectivity index (χ1v) is 7.10. The molecule has 2 rings (SSSR count). The quantitative estimate of drug-likeness (QED) is 0.896. The Morgan fingerprint density at radius 2 is 2.16 bits per heavy atom. The zero-order valence-corrected chi connectivity index (χ0v) is 11.5. The first kappa shape index (κ1) is 13.8. The highest BCUT2D eigenvalue weighted by Gasteiger charge is 2.18. The van der Waals surface area contributed by atoms with Crippen LogP contribution in [0.1, 0.15) is 5.82 Å². The molecule has 102 valence electrons. The fraction of sp³-hybridized carbons (Fsp3) is 0.200. The van der Waals surface area contributed by atoms with Crippen molar-refractivity contribution < 1.29 is 13.2 Å². The summed E-state index contributed by atoms with van der Waals surface area (Å²) in [6.07, 6.45) is 0. The molecule has 0 aliphatic heterocycles. The molecule has 1 heterocycles. The average Bonchev–Trinajstić information content (AvgIpc) is 2.68. The number of halogens is 1. The summed E-state index contributed by atoms with van der Waals surface area (Å²) in [7, 11) is -2.39. The summed E-state index contributed by atoms with van der Waals surface area (Å²) >= 11 is 5.81. The van der Waals surface area contributed by atoms with Crippen LogP contribution < -0.4 is 9.88 Å². The predicted molar refractivity (Wildman–Crippen MR) is 68.2 cm³/mol. The summed E-state index contributed by atoms with van der Waals surface area (Å²) in [4.78, 5) is 0. The molecule has 0 amide bonds. The summed E-state index contributed by atoms with van der Waals surface area (Å²) in [5.74, 6) is 0.886. The van der Waals surface area contributed by atoms with Crippen molar-refractivity contribution in [2.45, 2.75) is 11.8 Å². The van der Waals surface area contributed by atoms with Crippen molar-refractivity contribution >= 4 is 21.6 Å². The Labute approximate surface area is 115 Å². The number of aromatic nitrogens is 3. The van der Waals surface area contributed by atoms with Crippen molar-refractivity contribution in [3.8, 4) is 5.75 Å². The lowest BCUT2D eigenvalue weighted by molar-refractivity contribution is 0.290. The second kappa shape index (κ2) is 5.16. The van der Waals surface area contributed by atoms with Crippen molar-refractivity contribution in [3.05, 3.63) is 35.1 Å². The Bertz CT molecular complexity index is 699. The molecule has 7 nitrogen and oxygen atoms in total. The van der Waals surface area contributed by atoms with Crippen LogP contribution in [-0.4, -0.2) is 23.2 Å². The molecule has 0 atom stereocenters. The molecule has 0 aliphatic rings. The Balaban J connectivity index is 2.15. The van der Waals surface area contributed by atoms with E-state index in [-0.39, 0.29) is 11.8 Å². The van der Waals surface area contributed by atoms with Gasteiger partial charge < -0.3 is 9.30 Å². The van der Waals surface area contributed by atoms with Crippen LogP contribution in [0.3, 0.4) is 0 Å². The Morgan fingerprint density at radius 1 is 1.42 bits per heavy atom. The van der Waals surface area contributed by atoms with Gasteiger partial charge in [-0.15, -0.1) is 10.2 Å². The number of nitrogens with two attached hydrogens (primary N) is 1. The number of benzene rings is 1. The fourth-order valence-electron chi connectivity index (χ4n) is 1.42. The number of sulfonamides is 1. The van der Waals surface area contributed by atoms with E-state index < -0.39 is 10.0 Å². The normalized spacial score (nSPS) is 11.5. The van der Waals surface area contributed by atoms with Gasteiger partial charge >= 0.3 is 0 Å². The standard InChI is InChI=1S/C10H11ClN4O3S/c1-15-9(13-14-10(15)19(12,16)17)6-18-8-4-2-3-7(11)5-8/h2-5H,6H2,1H3,(H2,12,16,17). The molecule has 9 heteroatoms. The number of primary sulfonamides is 1. The van der Waals surface area contributed by atoms with Gasteiger partial charge in [0.1, 0.15) is 12.4 Å². The highest BCUT2D eigenvalue weighted by Crippen LogP contribution is 2.18. The van der Waals surface area contributed by atoms with Crippen molar-refractivity contribution in [2.24, 2.45) is 12.2 Å². The molecule has 1 aromatic heterocycles. The highest BCUT2D eigenvalue weighted by molar-refractivity contribution is 7.89. The lowest BCUT2D eigenvalue weighted by Crippen LogP contribution is -2.18. The van der Waals surface area contributed by atoms with E-state index in [1.54, 1.807) is 24.3 Å². The minimum atomic E-state index is -3.89. The number of hydrogen-bond acceptors (Lipinski definition) is 5. The average molecular weight is 303 g/mol. The van der Waals surface area contributed by atoms with Crippen molar-refractivity contribution in [3.63, 3.8) is 0 Å². The molecule has 0 unspecified atom stereocenters. The number of hydrogen-bond donors (Lipinski definition) is 1. The van der Waals surface area contributed by atoms with Crippen molar-refractivity contribution in [1.29, 1.82) is 0 Å². The predicted octanol–water partition coefficient (Wildman–Crippen LogP) is 0.695. The van der Waals surface area contributed by atoms with Gasteiger partial charge in [0, 0.05) is 12.1 Å². The minimum absolute atomic E-state index is 0.0549. The third kappa shape index (κ3) is 3.22. The first-order chi connectivity index (χ1) is 8.88. The van der Waals surface area contributed by atoms with Gasteiger partial charge in [0.05, 0.1) is 0 Å². The summed E-state index contributed by atoms with van der Waals surface area (Å²) in [6, 6.07) is 6.82. The summed E-state index contributed by atoms with van der Waals surface area (Å²) < 4.78 is 29.1. The maximum atomic E-state index is 11.2. The van der Waals surface area contributed by atoms with Crippen LogP contribution >= 0.6 is 11.6 Å². The summed E-state index contributed by atoms with van der Waals surface area (Å²) in [5, 5.41) is 12.4. The second-order valence-electron chi connectivity index (χ2n) is 3.75. The number of nitrogens with zero attached hydrogens (tertiary/aromatic N) is 3. The zero-order valence-electron chi connectivity index (χ0n) is 9.95. The summed E-state index contributed by atoms with van der Waals surface area (Å²) in [6.45, 7) is 0.0549. The Hall–Kier alpha value is -1.64. The molecule has 0 saturated carbocycles.